The van der Waals surface area contributed by atoms with Crippen LogP contribution >= 0.6 is 0 Å². The molecular formula is C27H27FN4O4. The lowest BCUT2D eigenvalue weighted by Crippen LogP contribution is -2.60. The summed E-state index contributed by atoms with van der Waals surface area (Å²) in [6.07, 6.45) is 2.54. The van der Waals surface area contributed by atoms with Crippen molar-refractivity contribution in [2.45, 2.75) is 38.6 Å². The van der Waals surface area contributed by atoms with Crippen LogP contribution in [0.1, 0.15) is 47.8 Å². The minimum Gasteiger partial charge on any atom is -0.478 e. The highest BCUT2D eigenvalue weighted by Crippen LogP contribution is 2.33. The van der Waals surface area contributed by atoms with E-state index >= 15 is 0 Å². The number of amides is 1. The third kappa shape index (κ3) is 4.36. The van der Waals surface area contributed by atoms with Gasteiger partial charge < -0.3 is 15.3 Å². The fraction of sp³-hybridized carbons (Fsp3) is 0.333. The summed E-state index contributed by atoms with van der Waals surface area (Å²) in [6.45, 7) is 2.79. The van der Waals surface area contributed by atoms with Crippen LogP contribution in [0.25, 0.3) is 10.8 Å². The maximum Gasteiger partial charge on any atom is 0.333 e. The van der Waals surface area contributed by atoms with Crippen molar-refractivity contribution in [2.75, 3.05) is 13.1 Å². The first-order valence-corrected chi connectivity index (χ1v) is 12.1. The summed E-state index contributed by atoms with van der Waals surface area (Å²) in [4.78, 5) is 38.3. The Hall–Kier alpha value is -4.01. The zero-order chi connectivity index (χ0) is 25.4. The van der Waals surface area contributed by atoms with Crippen molar-refractivity contribution in [3.8, 4) is 0 Å². The fourth-order valence-electron chi connectivity index (χ4n) is 5.15. The number of carboxylic acids is 1. The molecule has 3 N–H and O–H groups in total. The van der Waals surface area contributed by atoms with Crippen molar-refractivity contribution in [3.05, 3.63) is 86.7 Å². The van der Waals surface area contributed by atoms with Crippen molar-refractivity contribution in [1.29, 1.82) is 0 Å². The van der Waals surface area contributed by atoms with Gasteiger partial charge in [0.2, 0.25) is 0 Å². The number of aromatic nitrogens is 2. The van der Waals surface area contributed by atoms with E-state index in [1.165, 1.54) is 12.1 Å². The van der Waals surface area contributed by atoms with Crippen molar-refractivity contribution in [2.24, 2.45) is 5.92 Å². The van der Waals surface area contributed by atoms with E-state index < -0.39 is 17.7 Å². The van der Waals surface area contributed by atoms with Crippen LogP contribution in [0.5, 0.6) is 0 Å². The van der Waals surface area contributed by atoms with Gasteiger partial charge in [0.1, 0.15) is 5.82 Å². The monoisotopic (exact) mass is 490 g/mol. The zero-order valence-corrected chi connectivity index (χ0v) is 19.9. The molecule has 1 aliphatic heterocycles. The lowest BCUT2D eigenvalue weighted by atomic mass is 9.99. The van der Waals surface area contributed by atoms with Gasteiger partial charge in [-0.2, -0.15) is 5.10 Å². The number of allylic oxidation sites excluding steroid dienone is 1. The number of halogens is 1. The Labute approximate surface area is 206 Å². The number of nitrogens with zero attached hydrogens (tertiary/aromatic N) is 2. The molecule has 1 aliphatic carbocycles. The van der Waals surface area contributed by atoms with E-state index in [-0.39, 0.29) is 23.1 Å². The second-order valence-electron chi connectivity index (χ2n) is 9.43. The molecular weight excluding hydrogens is 463 g/mol. The summed E-state index contributed by atoms with van der Waals surface area (Å²) >= 11 is 0. The minimum absolute atomic E-state index is 0.0163. The van der Waals surface area contributed by atoms with Crippen molar-refractivity contribution in [1.82, 2.24) is 20.4 Å². The maximum absolute atomic E-state index is 14.6. The summed E-state index contributed by atoms with van der Waals surface area (Å²) in [5.41, 5.74) is 2.24. The largest absolute Gasteiger partial charge is 0.478 e. The number of hydrogen-bond acceptors (Lipinski definition) is 5. The Morgan fingerprint density at radius 1 is 1.19 bits per heavy atom. The quantitative estimate of drug-likeness (QED) is 0.469. The summed E-state index contributed by atoms with van der Waals surface area (Å²) in [7, 11) is 0. The topological polar surface area (TPSA) is 115 Å². The number of aromatic amines is 1. The van der Waals surface area contributed by atoms with Gasteiger partial charge >= 0.3 is 5.97 Å². The minimum atomic E-state index is -0.899. The average Bonchev–Trinajstić information content (AvgIpc) is 3.27. The smallest absolute Gasteiger partial charge is 0.333 e. The van der Waals surface area contributed by atoms with E-state index in [1.54, 1.807) is 23.1 Å². The van der Waals surface area contributed by atoms with Crippen molar-refractivity contribution >= 4 is 22.6 Å². The molecule has 0 saturated carbocycles. The van der Waals surface area contributed by atoms with E-state index in [0.29, 0.717) is 53.5 Å². The molecule has 0 spiro atoms. The number of aliphatic carboxylic acids is 1. The lowest BCUT2D eigenvalue weighted by Gasteiger charge is -2.41. The van der Waals surface area contributed by atoms with Gasteiger partial charge in [-0.15, -0.1) is 0 Å². The molecule has 1 amide bonds. The maximum atomic E-state index is 14.6. The molecule has 8 nitrogen and oxygen atoms in total. The highest BCUT2D eigenvalue weighted by Gasteiger charge is 2.36. The number of carboxylic acid groups (broad SMARTS) is 1. The number of benzene rings is 2. The predicted octanol–water partition coefficient (Wildman–Crippen LogP) is 3.23. The standard InChI is InChI=1S/C27H27FN4O4/c1-2-16-8-9-20(27(35)36)24(16)29-17-13-32(14-17)26(34)21-11-15(7-10-22(21)28)12-23-18-5-3-4-6-19(18)25(33)31-30-23/h3-7,10-11,16-17,29H,2,8-9,12-14H2,1H3,(H,31,33)(H,35,36). The van der Waals surface area contributed by atoms with Crippen LogP contribution in [0.15, 0.2) is 58.5 Å². The molecule has 36 heavy (non-hydrogen) atoms. The Morgan fingerprint density at radius 3 is 2.67 bits per heavy atom. The number of rotatable bonds is 7. The molecule has 0 radical (unpaired) electrons. The number of hydrogen-bond donors (Lipinski definition) is 3. The van der Waals surface area contributed by atoms with Crippen LogP contribution in [0.4, 0.5) is 4.39 Å². The van der Waals surface area contributed by atoms with Crippen LogP contribution in [0, 0.1) is 11.7 Å². The second kappa shape index (κ2) is 9.56. The first-order chi connectivity index (χ1) is 17.4. The van der Waals surface area contributed by atoms with E-state index in [2.05, 4.69) is 15.5 Å². The Bertz CT molecular complexity index is 1440. The number of fused-ring (bicyclic) bond motifs is 1. The van der Waals surface area contributed by atoms with Gasteiger partial charge in [-0.25, -0.2) is 14.3 Å². The van der Waals surface area contributed by atoms with Gasteiger partial charge in [0.15, 0.2) is 0 Å². The summed E-state index contributed by atoms with van der Waals surface area (Å²) in [6, 6.07) is 11.5. The van der Waals surface area contributed by atoms with Gasteiger partial charge in [-0.3, -0.25) is 9.59 Å². The van der Waals surface area contributed by atoms with Gasteiger partial charge in [-0.1, -0.05) is 31.2 Å². The SMILES string of the molecule is CCC1CCC(C(=O)O)=C1NC1CN(C(=O)c2cc(Cc3n[nH]c(=O)c4ccccc34)ccc2F)C1. The third-order valence-corrected chi connectivity index (χ3v) is 7.16. The molecule has 5 rings (SSSR count). The first kappa shape index (κ1) is 23.7. The second-order valence-corrected chi connectivity index (χ2v) is 9.43. The number of nitrogens with one attached hydrogen (secondary N) is 2. The number of likely N-dealkylation sites (tertiary alicyclic amines) is 1. The molecule has 9 heteroatoms. The molecule has 1 atom stereocenters. The molecule has 2 aromatic carbocycles. The van der Waals surface area contributed by atoms with Gasteiger partial charge in [0, 0.05) is 30.6 Å². The molecule has 1 fully saturated rings. The van der Waals surface area contributed by atoms with Crippen LogP contribution < -0.4 is 10.9 Å². The van der Waals surface area contributed by atoms with E-state index in [4.69, 9.17) is 0 Å². The Balaban J connectivity index is 1.30. The molecule has 2 aliphatic rings. The van der Waals surface area contributed by atoms with Gasteiger partial charge in [-0.05, 0) is 48.9 Å². The Morgan fingerprint density at radius 2 is 1.94 bits per heavy atom. The van der Waals surface area contributed by atoms with E-state index in [1.807, 2.05) is 19.1 Å². The normalized spacial score (nSPS) is 17.9. The van der Waals surface area contributed by atoms with E-state index in [0.717, 1.165) is 18.5 Å². The summed E-state index contributed by atoms with van der Waals surface area (Å²) in [5.74, 6) is -1.72. The molecule has 1 unspecified atom stereocenters. The summed E-state index contributed by atoms with van der Waals surface area (Å²) < 4.78 is 14.6. The molecule has 186 valence electrons. The highest BCUT2D eigenvalue weighted by atomic mass is 19.1. The molecule has 0 bridgehead atoms. The average molecular weight is 491 g/mol. The van der Waals surface area contributed by atoms with E-state index in [9.17, 15) is 23.9 Å². The number of carbonyl (C=O) groups excluding carboxylic acids is 1. The molecule has 2 heterocycles. The zero-order valence-electron chi connectivity index (χ0n) is 19.9. The van der Waals surface area contributed by atoms with Crippen molar-refractivity contribution in [3.63, 3.8) is 0 Å². The predicted molar refractivity (Wildman–Crippen MR) is 132 cm³/mol. The van der Waals surface area contributed by atoms with Crippen LogP contribution in [0.2, 0.25) is 0 Å². The first-order valence-electron chi connectivity index (χ1n) is 12.1. The lowest BCUT2D eigenvalue weighted by molar-refractivity contribution is -0.132. The highest BCUT2D eigenvalue weighted by molar-refractivity contribution is 5.95. The fourth-order valence-corrected chi connectivity index (χ4v) is 5.15. The Kier molecular flexibility index (Phi) is 6.30. The summed E-state index contributed by atoms with van der Waals surface area (Å²) in [5, 5.41) is 20.7. The third-order valence-electron chi connectivity index (χ3n) is 7.16. The van der Waals surface area contributed by atoms with Crippen LogP contribution in [-0.4, -0.2) is 51.2 Å². The molecule has 3 aromatic rings. The van der Waals surface area contributed by atoms with Crippen LogP contribution in [-0.2, 0) is 11.2 Å². The number of carbonyl (C=O) groups is 2. The molecule has 1 aromatic heterocycles. The number of H-pyrrole nitrogens is 1. The van der Waals surface area contributed by atoms with Gasteiger partial charge in [0.05, 0.1) is 28.3 Å². The molecule has 1 saturated heterocycles. The van der Waals surface area contributed by atoms with Crippen molar-refractivity contribution < 1.29 is 19.1 Å². The van der Waals surface area contributed by atoms with Gasteiger partial charge in [0.25, 0.3) is 11.5 Å². The van der Waals surface area contributed by atoms with Crippen LogP contribution in [0.3, 0.4) is 0 Å².